The van der Waals surface area contributed by atoms with E-state index in [1.807, 2.05) is 6.92 Å². The van der Waals surface area contributed by atoms with Crippen molar-refractivity contribution in [2.24, 2.45) is 0 Å². The normalized spacial score (nSPS) is 14.4. The second-order valence-electron chi connectivity index (χ2n) is 4.81. The van der Waals surface area contributed by atoms with Gasteiger partial charge in [-0.05, 0) is 26.2 Å². The summed E-state index contributed by atoms with van der Waals surface area (Å²) in [5, 5.41) is 6.38. The minimum absolute atomic E-state index is 0.0741. The highest BCUT2D eigenvalue weighted by Crippen LogP contribution is 2.07. The molecule has 0 aliphatic carbocycles. The van der Waals surface area contributed by atoms with Crippen LogP contribution in [0.25, 0.3) is 0 Å². The maximum absolute atomic E-state index is 11.7. The van der Waals surface area contributed by atoms with Crippen LogP contribution >= 0.6 is 0 Å². The van der Waals surface area contributed by atoms with Crippen LogP contribution in [0.15, 0.2) is 0 Å². The molecule has 2 atom stereocenters. The van der Waals surface area contributed by atoms with Crippen molar-refractivity contribution >= 4 is 5.91 Å². The van der Waals surface area contributed by atoms with Gasteiger partial charge in [0.05, 0.1) is 6.04 Å². The lowest BCUT2D eigenvalue weighted by atomic mass is 10.0. The number of hydrogen-bond acceptors (Lipinski definition) is 2. The number of carbonyl (C=O) groups is 1. The van der Waals surface area contributed by atoms with Crippen molar-refractivity contribution in [1.82, 2.24) is 10.6 Å². The smallest absolute Gasteiger partial charge is 0.236 e. The summed E-state index contributed by atoms with van der Waals surface area (Å²) >= 11 is 0. The number of nitrogens with one attached hydrogen (secondary N) is 2. The van der Waals surface area contributed by atoms with E-state index in [0.29, 0.717) is 6.04 Å². The molecule has 0 aromatic rings. The fourth-order valence-corrected chi connectivity index (χ4v) is 1.94. The zero-order valence-corrected chi connectivity index (χ0v) is 12.0. The zero-order valence-electron chi connectivity index (χ0n) is 12.0. The first kappa shape index (κ1) is 16.4. The van der Waals surface area contributed by atoms with Gasteiger partial charge in [0.15, 0.2) is 0 Å². The fraction of sp³-hybridized carbons (Fsp3) is 0.929. The average Bonchev–Trinajstić information content (AvgIpc) is 2.33. The highest BCUT2D eigenvalue weighted by atomic mass is 16.2. The summed E-state index contributed by atoms with van der Waals surface area (Å²) in [4.78, 5) is 11.7. The van der Waals surface area contributed by atoms with Crippen LogP contribution in [0, 0.1) is 0 Å². The summed E-state index contributed by atoms with van der Waals surface area (Å²) in [7, 11) is 0. The van der Waals surface area contributed by atoms with Crippen molar-refractivity contribution < 1.29 is 4.79 Å². The Labute approximate surface area is 107 Å². The first-order valence-electron chi connectivity index (χ1n) is 7.19. The topological polar surface area (TPSA) is 41.1 Å². The number of hydrogen-bond donors (Lipinski definition) is 2. The molecule has 0 rings (SSSR count). The minimum atomic E-state index is -0.0741. The van der Waals surface area contributed by atoms with Gasteiger partial charge >= 0.3 is 0 Å². The third-order valence-corrected chi connectivity index (χ3v) is 2.97. The van der Waals surface area contributed by atoms with E-state index in [4.69, 9.17) is 0 Å². The lowest BCUT2D eigenvalue weighted by Gasteiger charge is -2.22. The quantitative estimate of drug-likeness (QED) is 0.618. The van der Waals surface area contributed by atoms with Crippen molar-refractivity contribution in [1.29, 1.82) is 0 Å². The number of amides is 1. The van der Waals surface area contributed by atoms with E-state index in [-0.39, 0.29) is 11.9 Å². The predicted octanol–water partition coefficient (Wildman–Crippen LogP) is 2.85. The molecular weight excluding hydrogens is 212 g/mol. The third-order valence-electron chi connectivity index (χ3n) is 2.97. The van der Waals surface area contributed by atoms with Crippen LogP contribution in [0.1, 0.15) is 66.2 Å². The molecule has 17 heavy (non-hydrogen) atoms. The summed E-state index contributed by atoms with van der Waals surface area (Å²) in [5.74, 6) is 0.129. The number of carbonyl (C=O) groups excluding carboxylic acids is 1. The molecule has 0 aromatic heterocycles. The number of unbranched alkanes of at least 4 members (excludes halogenated alkanes) is 1. The molecule has 0 spiro atoms. The molecule has 0 saturated carbocycles. The molecule has 3 heteroatoms. The molecule has 0 fully saturated rings. The Bertz CT molecular complexity index is 195. The minimum Gasteiger partial charge on any atom is -0.355 e. The van der Waals surface area contributed by atoms with Crippen molar-refractivity contribution in [3.05, 3.63) is 0 Å². The van der Waals surface area contributed by atoms with E-state index in [9.17, 15) is 4.79 Å². The highest BCUT2D eigenvalue weighted by molar-refractivity contribution is 5.81. The third kappa shape index (κ3) is 8.19. The van der Waals surface area contributed by atoms with Crippen LogP contribution in [-0.4, -0.2) is 24.5 Å². The van der Waals surface area contributed by atoms with Crippen LogP contribution < -0.4 is 10.6 Å². The Morgan fingerprint density at radius 3 is 2.29 bits per heavy atom. The van der Waals surface area contributed by atoms with E-state index < -0.39 is 0 Å². The Balaban J connectivity index is 3.99. The monoisotopic (exact) mass is 242 g/mol. The second kappa shape index (κ2) is 10.6. The van der Waals surface area contributed by atoms with Gasteiger partial charge in [0.2, 0.25) is 5.91 Å². The van der Waals surface area contributed by atoms with Crippen LogP contribution in [0.4, 0.5) is 0 Å². The summed E-state index contributed by atoms with van der Waals surface area (Å²) in [6.45, 7) is 9.21. The average molecular weight is 242 g/mol. The van der Waals surface area contributed by atoms with Gasteiger partial charge in [-0.25, -0.2) is 0 Å². The van der Waals surface area contributed by atoms with Gasteiger partial charge in [-0.1, -0.05) is 40.0 Å². The molecule has 2 N–H and O–H groups in total. The Morgan fingerprint density at radius 1 is 1.06 bits per heavy atom. The first-order valence-corrected chi connectivity index (χ1v) is 7.19. The van der Waals surface area contributed by atoms with Crippen LogP contribution in [0.2, 0.25) is 0 Å². The molecule has 0 heterocycles. The van der Waals surface area contributed by atoms with E-state index in [1.54, 1.807) is 0 Å². The van der Waals surface area contributed by atoms with Crippen molar-refractivity contribution in [3.63, 3.8) is 0 Å². The largest absolute Gasteiger partial charge is 0.355 e. The second-order valence-corrected chi connectivity index (χ2v) is 4.81. The van der Waals surface area contributed by atoms with E-state index in [1.165, 1.54) is 25.7 Å². The molecule has 2 unspecified atom stereocenters. The van der Waals surface area contributed by atoms with Gasteiger partial charge < -0.3 is 10.6 Å². The highest BCUT2D eigenvalue weighted by Gasteiger charge is 2.16. The molecular formula is C14H30N2O. The summed E-state index contributed by atoms with van der Waals surface area (Å²) < 4.78 is 0. The van der Waals surface area contributed by atoms with Gasteiger partial charge in [-0.3, -0.25) is 4.79 Å². The maximum atomic E-state index is 11.7. The summed E-state index contributed by atoms with van der Waals surface area (Å²) in [6.07, 6.45) is 6.96. The van der Waals surface area contributed by atoms with Gasteiger partial charge in [0, 0.05) is 12.6 Å². The fourth-order valence-electron chi connectivity index (χ4n) is 1.94. The summed E-state index contributed by atoms with van der Waals surface area (Å²) in [5.41, 5.74) is 0. The molecule has 0 saturated heterocycles. The molecule has 0 aliphatic rings. The Morgan fingerprint density at radius 2 is 1.76 bits per heavy atom. The standard InChI is InChI=1S/C14H30N2O/c1-5-8-10-13(9-6-2)16-12(4)14(17)15-11-7-3/h12-13,16H,5-11H2,1-4H3,(H,15,17). The molecule has 0 bridgehead atoms. The maximum Gasteiger partial charge on any atom is 0.236 e. The lowest BCUT2D eigenvalue weighted by Crippen LogP contribution is -2.46. The van der Waals surface area contributed by atoms with E-state index in [2.05, 4.69) is 31.4 Å². The number of rotatable bonds is 10. The lowest BCUT2D eigenvalue weighted by molar-refractivity contribution is -0.122. The Hall–Kier alpha value is -0.570. The predicted molar refractivity (Wildman–Crippen MR) is 74.1 cm³/mol. The Kier molecular flexibility index (Phi) is 10.2. The summed E-state index contributed by atoms with van der Waals surface area (Å²) in [6, 6.07) is 0.414. The molecule has 0 aromatic carbocycles. The molecule has 0 aliphatic heterocycles. The van der Waals surface area contributed by atoms with E-state index in [0.717, 1.165) is 19.4 Å². The molecule has 0 radical (unpaired) electrons. The van der Waals surface area contributed by atoms with E-state index >= 15 is 0 Å². The van der Waals surface area contributed by atoms with Gasteiger partial charge in [0.1, 0.15) is 0 Å². The van der Waals surface area contributed by atoms with Gasteiger partial charge in [-0.15, -0.1) is 0 Å². The van der Waals surface area contributed by atoms with Crippen LogP contribution in [-0.2, 0) is 4.79 Å². The molecule has 102 valence electrons. The van der Waals surface area contributed by atoms with Crippen molar-refractivity contribution in [3.8, 4) is 0 Å². The first-order chi connectivity index (χ1) is 8.15. The van der Waals surface area contributed by atoms with Crippen LogP contribution in [0.3, 0.4) is 0 Å². The zero-order chi connectivity index (χ0) is 13.1. The van der Waals surface area contributed by atoms with Gasteiger partial charge in [0.25, 0.3) is 0 Å². The van der Waals surface area contributed by atoms with Crippen molar-refractivity contribution in [2.75, 3.05) is 6.54 Å². The SMILES string of the molecule is CCCCC(CCC)NC(C)C(=O)NCCC. The van der Waals surface area contributed by atoms with Crippen molar-refractivity contribution in [2.45, 2.75) is 78.3 Å². The molecule has 3 nitrogen and oxygen atoms in total. The van der Waals surface area contributed by atoms with Gasteiger partial charge in [-0.2, -0.15) is 0 Å². The molecule has 1 amide bonds. The van der Waals surface area contributed by atoms with Crippen LogP contribution in [0.5, 0.6) is 0 Å².